The van der Waals surface area contributed by atoms with Crippen molar-refractivity contribution in [3.05, 3.63) is 62.6 Å². The van der Waals surface area contributed by atoms with Gasteiger partial charge in [0.1, 0.15) is 5.82 Å². The number of hydrogen-bond donors (Lipinski definition) is 0. The second-order valence-electron chi connectivity index (χ2n) is 4.48. The number of nitro groups is 1. The minimum Gasteiger partial charge on any atom is -0.299 e. The highest BCUT2D eigenvalue weighted by molar-refractivity contribution is 5.35. The zero-order chi connectivity index (χ0) is 14.7. The van der Waals surface area contributed by atoms with Gasteiger partial charge in [-0.3, -0.25) is 19.2 Å². The van der Waals surface area contributed by atoms with Crippen molar-refractivity contribution in [1.29, 1.82) is 0 Å². The second-order valence-corrected chi connectivity index (χ2v) is 4.48. The number of nitrogens with zero attached hydrogens (tertiary/aromatic N) is 3. The van der Waals surface area contributed by atoms with Crippen LogP contribution in [0.25, 0.3) is 0 Å². The number of rotatable bonds is 5. The third-order valence-corrected chi connectivity index (χ3v) is 2.89. The first-order valence-corrected chi connectivity index (χ1v) is 6.20. The summed E-state index contributed by atoms with van der Waals surface area (Å²) in [6.45, 7) is 2.67. The SMILES string of the molecule is CCCn1ccn(Cc2cc(F)cc([N+](=O)[O-])c2)c1=O. The summed E-state index contributed by atoms with van der Waals surface area (Å²) >= 11 is 0. The van der Waals surface area contributed by atoms with Crippen molar-refractivity contribution in [2.24, 2.45) is 0 Å². The predicted octanol–water partition coefficient (Wildman–Crippen LogP) is 2.16. The average molecular weight is 279 g/mol. The minimum atomic E-state index is -0.685. The highest BCUT2D eigenvalue weighted by Gasteiger charge is 2.11. The van der Waals surface area contributed by atoms with Gasteiger partial charge in [-0.05, 0) is 18.1 Å². The summed E-state index contributed by atoms with van der Waals surface area (Å²) in [7, 11) is 0. The van der Waals surface area contributed by atoms with Crippen molar-refractivity contribution in [2.75, 3.05) is 0 Å². The number of imidazole rings is 1. The van der Waals surface area contributed by atoms with Gasteiger partial charge in [0.05, 0.1) is 17.5 Å². The van der Waals surface area contributed by atoms with Crippen LogP contribution >= 0.6 is 0 Å². The number of halogens is 1. The Morgan fingerprint density at radius 1 is 1.25 bits per heavy atom. The average Bonchev–Trinajstić information content (AvgIpc) is 2.71. The van der Waals surface area contributed by atoms with E-state index in [-0.39, 0.29) is 17.9 Å². The Kier molecular flexibility index (Phi) is 3.97. The molecule has 2 aromatic rings. The lowest BCUT2D eigenvalue weighted by Gasteiger charge is -2.03. The summed E-state index contributed by atoms with van der Waals surface area (Å²) < 4.78 is 16.3. The molecule has 7 heteroatoms. The number of hydrogen-bond acceptors (Lipinski definition) is 3. The number of nitro benzene ring substituents is 1. The maximum absolute atomic E-state index is 13.3. The number of non-ortho nitro benzene ring substituents is 1. The van der Waals surface area contributed by atoms with Crippen LogP contribution in [0.1, 0.15) is 18.9 Å². The van der Waals surface area contributed by atoms with E-state index < -0.39 is 10.7 Å². The maximum atomic E-state index is 13.3. The maximum Gasteiger partial charge on any atom is 0.328 e. The van der Waals surface area contributed by atoms with E-state index in [1.54, 1.807) is 17.0 Å². The molecule has 0 fully saturated rings. The normalized spacial score (nSPS) is 10.7. The molecule has 0 radical (unpaired) electrons. The lowest BCUT2D eigenvalue weighted by molar-refractivity contribution is -0.385. The molecule has 1 heterocycles. The standard InChI is InChI=1S/C13H14FN3O3/c1-2-3-15-4-5-16(13(15)18)9-10-6-11(14)8-12(7-10)17(19)20/h4-8H,2-3,9H2,1H3. The van der Waals surface area contributed by atoms with Crippen LogP contribution in [0, 0.1) is 15.9 Å². The topological polar surface area (TPSA) is 70.1 Å². The first-order chi connectivity index (χ1) is 9.51. The van der Waals surface area contributed by atoms with E-state index in [0.717, 1.165) is 12.5 Å². The second kappa shape index (κ2) is 5.68. The Morgan fingerprint density at radius 2 is 1.95 bits per heavy atom. The molecule has 0 N–H and O–H groups in total. The number of benzene rings is 1. The Balaban J connectivity index is 2.30. The highest BCUT2D eigenvalue weighted by Crippen LogP contribution is 2.16. The van der Waals surface area contributed by atoms with E-state index in [0.29, 0.717) is 12.1 Å². The quantitative estimate of drug-likeness (QED) is 0.622. The third kappa shape index (κ3) is 2.93. The van der Waals surface area contributed by atoms with Crippen LogP contribution in [0.3, 0.4) is 0 Å². The summed E-state index contributed by atoms with van der Waals surface area (Å²) in [4.78, 5) is 22.0. The van der Waals surface area contributed by atoms with E-state index in [4.69, 9.17) is 0 Å². The van der Waals surface area contributed by atoms with Crippen LogP contribution in [-0.2, 0) is 13.1 Å². The molecule has 106 valence electrons. The molecular formula is C13H14FN3O3. The Labute approximate surface area is 114 Å². The van der Waals surface area contributed by atoms with E-state index in [9.17, 15) is 19.3 Å². The van der Waals surface area contributed by atoms with E-state index in [1.165, 1.54) is 16.7 Å². The van der Waals surface area contributed by atoms with E-state index in [1.807, 2.05) is 6.92 Å². The van der Waals surface area contributed by atoms with Gasteiger partial charge in [-0.15, -0.1) is 0 Å². The van der Waals surface area contributed by atoms with Crippen molar-refractivity contribution in [1.82, 2.24) is 9.13 Å². The molecule has 0 aliphatic rings. The van der Waals surface area contributed by atoms with E-state index >= 15 is 0 Å². The molecular weight excluding hydrogens is 265 g/mol. The molecule has 0 amide bonds. The summed E-state index contributed by atoms with van der Waals surface area (Å²) in [6.07, 6.45) is 4.07. The molecule has 20 heavy (non-hydrogen) atoms. The molecule has 0 spiro atoms. The predicted molar refractivity (Wildman–Crippen MR) is 71.1 cm³/mol. The molecule has 2 rings (SSSR count). The van der Waals surface area contributed by atoms with Gasteiger partial charge in [0.25, 0.3) is 5.69 Å². The van der Waals surface area contributed by atoms with E-state index in [2.05, 4.69) is 0 Å². The largest absolute Gasteiger partial charge is 0.328 e. The Hall–Kier alpha value is -2.44. The fourth-order valence-electron chi connectivity index (χ4n) is 2.01. The molecule has 0 saturated carbocycles. The van der Waals surface area contributed by atoms with Gasteiger partial charge < -0.3 is 0 Å². The first kappa shape index (κ1) is 14.0. The van der Waals surface area contributed by atoms with Crippen LogP contribution in [0.5, 0.6) is 0 Å². The van der Waals surface area contributed by atoms with Crippen molar-refractivity contribution in [3.8, 4) is 0 Å². The first-order valence-electron chi connectivity index (χ1n) is 6.20. The van der Waals surface area contributed by atoms with Gasteiger partial charge in [-0.1, -0.05) is 6.92 Å². The van der Waals surface area contributed by atoms with Crippen LogP contribution < -0.4 is 5.69 Å². The molecule has 1 aromatic heterocycles. The van der Waals surface area contributed by atoms with Gasteiger partial charge in [-0.25, -0.2) is 9.18 Å². The Morgan fingerprint density at radius 3 is 2.60 bits per heavy atom. The van der Waals surface area contributed by atoms with Crippen LogP contribution in [0.15, 0.2) is 35.4 Å². The molecule has 0 aliphatic heterocycles. The lowest BCUT2D eigenvalue weighted by Crippen LogP contribution is -2.24. The van der Waals surface area contributed by atoms with Crippen LogP contribution in [0.2, 0.25) is 0 Å². The van der Waals surface area contributed by atoms with Crippen LogP contribution in [0.4, 0.5) is 10.1 Å². The molecule has 0 saturated heterocycles. The summed E-state index contributed by atoms with van der Waals surface area (Å²) in [5, 5.41) is 10.7. The lowest BCUT2D eigenvalue weighted by atomic mass is 10.2. The van der Waals surface area contributed by atoms with Crippen molar-refractivity contribution >= 4 is 5.69 Å². The summed E-state index contributed by atoms with van der Waals surface area (Å²) in [6, 6.07) is 3.32. The summed E-state index contributed by atoms with van der Waals surface area (Å²) in [5.41, 5.74) is -0.146. The van der Waals surface area contributed by atoms with Gasteiger partial charge >= 0.3 is 5.69 Å². The minimum absolute atomic E-state index is 0.105. The van der Waals surface area contributed by atoms with Gasteiger partial charge in [0, 0.05) is 25.0 Å². The molecule has 0 atom stereocenters. The molecule has 0 aliphatic carbocycles. The molecule has 0 unspecified atom stereocenters. The highest BCUT2D eigenvalue weighted by atomic mass is 19.1. The van der Waals surface area contributed by atoms with Gasteiger partial charge in [0.15, 0.2) is 0 Å². The number of aryl methyl sites for hydroxylation is 1. The fourth-order valence-corrected chi connectivity index (χ4v) is 2.01. The van der Waals surface area contributed by atoms with Crippen LogP contribution in [-0.4, -0.2) is 14.1 Å². The Bertz CT molecular complexity index is 690. The molecule has 0 bridgehead atoms. The number of aromatic nitrogens is 2. The van der Waals surface area contributed by atoms with Gasteiger partial charge in [0.2, 0.25) is 0 Å². The fraction of sp³-hybridized carbons (Fsp3) is 0.308. The van der Waals surface area contributed by atoms with Crippen molar-refractivity contribution in [2.45, 2.75) is 26.4 Å². The smallest absolute Gasteiger partial charge is 0.299 e. The van der Waals surface area contributed by atoms with Gasteiger partial charge in [-0.2, -0.15) is 0 Å². The van der Waals surface area contributed by atoms with Crippen molar-refractivity contribution in [3.63, 3.8) is 0 Å². The monoisotopic (exact) mass is 279 g/mol. The third-order valence-electron chi connectivity index (χ3n) is 2.89. The molecule has 6 nitrogen and oxygen atoms in total. The van der Waals surface area contributed by atoms with Crippen molar-refractivity contribution < 1.29 is 9.31 Å². The zero-order valence-electron chi connectivity index (χ0n) is 11.0. The summed E-state index contributed by atoms with van der Waals surface area (Å²) in [5.74, 6) is -0.685. The zero-order valence-corrected chi connectivity index (χ0v) is 11.0. The molecule has 1 aromatic carbocycles.